The second kappa shape index (κ2) is 9.54. The van der Waals surface area contributed by atoms with Gasteiger partial charge in [-0.15, -0.1) is 11.3 Å². The molecule has 1 amide bonds. The van der Waals surface area contributed by atoms with E-state index in [0.717, 1.165) is 54.1 Å². The summed E-state index contributed by atoms with van der Waals surface area (Å²) < 4.78 is 0. The number of hydrogen-bond donors (Lipinski definition) is 1. The van der Waals surface area contributed by atoms with Crippen molar-refractivity contribution in [3.8, 4) is 0 Å². The normalized spacial score (nSPS) is 17.8. The van der Waals surface area contributed by atoms with Crippen LogP contribution in [0.5, 0.6) is 0 Å². The molecule has 1 fully saturated rings. The lowest BCUT2D eigenvalue weighted by molar-refractivity contribution is 0.0879. The SMILES string of the molecule is O=C(N[C@H](c1ccccn1)[C@H]1CCCN(Cc2ccc3nccnc3c2)C1)c1cccs1. The summed E-state index contributed by atoms with van der Waals surface area (Å²) in [7, 11) is 0. The van der Waals surface area contributed by atoms with Crippen LogP contribution in [0.1, 0.15) is 39.8 Å². The van der Waals surface area contributed by atoms with Gasteiger partial charge in [0.25, 0.3) is 5.91 Å². The zero-order valence-electron chi connectivity index (χ0n) is 17.7. The smallest absolute Gasteiger partial charge is 0.261 e. The number of benzene rings is 1. The van der Waals surface area contributed by atoms with Crippen molar-refractivity contribution in [1.82, 2.24) is 25.2 Å². The van der Waals surface area contributed by atoms with Gasteiger partial charge in [-0.1, -0.05) is 18.2 Å². The number of nitrogens with zero attached hydrogens (tertiary/aromatic N) is 4. The van der Waals surface area contributed by atoms with Crippen LogP contribution in [0.3, 0.4) is 0 Å². The van der Waals surface area contributed by atoms with Gasteiger partial charge in [-0.05, 0) is 66.6 Å². The Morgan fingerprint density at radius 1 is 1.06 bits per heavy atom. The molecule has 0 aliphatic carbocycles. The van der Waals surface area contributed by atoms with Gasteiger partial charge in [-0.2, -0.15) is 0 Å². The third-order valence-electron chi connectivity index (χ3n) is 5.99. The predicted octanol–water partition coefficient (Wildman–Crippen LogP) is 4.47. The minimum atomic E-state index is -0.115. The second-order valence-electron chi connectivity index (χ2n) is 8.20. The summed E-state index contributed by atoms with van der Waals surface area (Å²) in [6.07, 6.45) is 7.41. The fraction of sp³-hybridized carbons (Fsp3) is 0.280. The molecule has 1 aliphatic heterocycles. The Hall–Kier alpha value is -3.16. The van der Waals surface area contributed by atoms with Crippen LogP contribution in [0.15, 0.2) is 72.5 Å². The molecule has 0 spiro atoms. The van der Waals surface area contributed by atoms with Gasteiger partial charge >= 0.3 is 0 Å². The van der Waals surface area contributed by atoms with Crippen molar-refractivity contribution in [2.45, 2.75) is 25.4 Å². The average molecular weight is 444 g/mol. The highest BCUT2D eigenvalue weighted by Gasteiger charge is 2.31. The summed E-state index contributed by atoms with van der Waals surface area (Å²) in [5, 5.41) is 5.21. The van der Waals surface area contributed by atoms with Crippen molar-refractivity contribution in [2.24, 2.45) is 5.92 Å². The number of pyridine rings is 1. The van der Waals surface area contributed by atoms with Crippen LogP contribution in [0, 0.1) is 5.92 Å². The van der Waals surface area contributed by atoms with E-state index in [1.807, 2.05) is 41.8 Å². The molecule has 0 saturated carbocycles. The minimum absolute atomic E-state index is 0.0270. The molecule has 1 N–H and O–H groups in total. The molecule has 1 aliphatic rings. The van der Waals surface area contributed by atoms with E-state index in [-0.39, 0.29) is 11.9 Å². The average Bonchev–Trinajstić information content (AvgIpc) is 3.38. The molecule has 0 radical (unpaired) electrons. The Labute approximate surface area is 191 Å². The molecule has 1 aromatic carbocycles. The van der Waals surface area contributed by atoms with Crippen LogP contribution in [0.2, 0.25) is 0 Å². The number of thiophene rings is 1. The number of fused-ring (bicyclic) bond motifs is 1. The van der Waals surface area contributed by atoms with E-state index in [0.29, 0.717) is 5.92 Å². The maximum absolute atomic E-state index is 12.9. The van der Waals surface area contributed by atoms with E-state index in [1.165, 1.54) is 16.9 Å². The van der Waals surface area contributed by atoms with Crippen LogP contribution in [-0.2, 0) is 6.54 Å². The van der Waals surface area contributed by atoms with Crippen molar-refractivity contribution in [3.63, 3.8) is 0 Å². The molecular formula is C25H25N5OS. The number of likely N-dealkylation sites (tertiary alicyclic amines) is 1. The predicted molar refractivity (Wildman–Crippen MR) is 126 cm³/mol. The number of amides is 1. The van der Waals surface area contributed by atoms with Gasteiger partial charge < -0.3 is 5.32 Å². The fourth-order valence-electron chi connectivity index (χ4n) is 4.49. The molecule has 32 heavy (non-hydrogen) atoms. The summed E-state index contributed by atoms with van der Waals surface area (Å²) in [5.74, 6) is 0.267. The van der Waals surface area contributed by atoms with E-state index >= 15 is 0 Å². The maximum Gasteiger partial charge on any atom is 0.261 e. The zero-order valence-corrected chi connectivity index (χ0v) is 18.5. The van der Waals surface area contributed by atoms with E-state index in [4.69, 9.17) is 0 Å². The molecule has 1 saturated heterocycles. The highest BCUT2D eigenvalue weighted by Crippen LogP contribution is 2.30. The molecule has 5 rings (SSSR count). The summed E-state index contributed by atoms with van der Waals surface area (Å²) in [6.45, 7) is 2.81. The number of aromatic nitrogens is 3. The lowest BCUT2D eigenvalue weighted by Gasteiger charge is -2.37. The molecular weight excluding hydrogens is 418 g/mol. The van der Waals surface area contributed by atoms with Crippen LogP contribution in [0.4, 0.5) is 0 Å². The van der Waals surface area contributed by atoms with Gasteiger partial charge in [0, 0.05) is 31.7 Å². The molecule has 0 bridgehead atoms. The van der Waals surface area contributed by atoms with Gasteiger partial charge in [-0.25, -0.2) is 0 Å². The topological polar surface area (TPSA) is 71.0 Å². The molecule has 6 nitrogen and oxygen atoms in total. The Balaban J connectivity index is 1.34. The Kier molecular flexibility index (Phi) is 6.18. The molecule has 3 aromatic heterocycles. The van der Waals surface area contributed by atoms with Crippen LogP contribution in [-0.4, -0.2) is 38.8 Å². The number of rotatable bonds is 6. The summed E-state index contributed by atoms with van der Waals surface area (Å²) >= 11 is 1.46. The molecule has 4 aromatic rings. The van der Waals surface area contributed by atoms with Gasteiger partial charge in [-0.3, -0.25) is 24.6 Å². The Bertz CT molecular complexity index is 1180. The van der Waals surface area contributed by atoms with Crippen molar-refractivity contribution < 1.29 is 4.79 Å². The van der Waals surface area contributed by atoms with Gasteiger partial charge in [0.1, 0.15) is 0 Å². The second-order valence-corrected chi connectivity index (χ2v) is 9.15. The van der Waals surface area contributed by atoms with E-state index in [1.54, 1.807) is 18.6 Å². The van der Waals surface area contributed by atoms with Gasteiger partial charge in [0.15, 0.2) is 0 Å². The number of carbonyl (C=O) groups excluding carboxylic acids is 1. The minimum Gasteiger partial charge on any atom is -0.343 e. The highest BCUT2D eigenvalue weighted by molar-refractivity contribution is 7.12. The van der Waals surface area contributed by atoms with E-state index in [9.17, 15) is 4.79 Å². The highest BCUT2D eigenvalue weighted by atomic mass is 32.1. The van der Waals surface area contributed by atoms with Crippen molar-refractivity contribution >= 4 is 28.3 Å². The molecule has 4 heterocycles. The lowest BCUT2D eigenvalue weighted by Crippen LogP contribution is -2.42. The first kappa shape index (κ1) is 20.7. The van der Waals surface area contributed by atoms with Crippen LogP contribution >= 0.6 is 11.3 Å². The van der Waals surface area contributed by atoms with Crippen LogP contribution in [0.25, 0.3) is 11.0 Å². The van der Waals surface area contributed by atoms with E-state index in [2.05, 4.69) is 37.3 Å². The van der Waals surface area contributed by atoms with Crippen molar-refractivity contribution in [3.05, 3.63) is 88.6 Å². The monoisotopic (exact) mass is 443 g/mol. The molecule has 162 valence electrons. The first-order valence-electron chi connectivity index (χ1n) is 10.9. The summed E-state index contributed by atoms with van der Waals surface area (Å²) in [4.78, 5) is 29.5. The number of carbonyl (C=O) groups is 1. The first-order chi connectivity index (χ1) is 15.8. The number of nitrogens with one attached hydrogen (secondary N) is 1. The van der Waals surface area contributed by atoms with Crippen molar-refractivity contribution in [1.29, 1.82) is 0 Å². The van der Waals surface area contributed by atoms with E-state index < -0.39 is 0 Å². The van der Waals surface area contributed by atoms with Gasteiger partial charge in [0.2, 0.25) is 0 Å². The number of hydrogen-bond acceptors (Lipinski definition) is 6. The Morgan fingerprint density at radius 2 is 1.97 bits per heavy atom. The summed E-state index contributed by atoms with van der Waals surface area (Å²) in [6, 6.07) is 15.9. The quantitative estimate of drug-likeness (QED) is 0.476. The molecule has 2 atom stereocenters. The zero-order chi connectivity index (χ0) is 21.8. The standard InChI is InChI=1S/C25H25N5OS/c31-25(23-7-4-14-32-23)29-24(21-6-1-2-10-26-21)19-5-3-13-30(17-19)16-18-8-9-20-22(15-18)28-12-11-27-20/h1-2,4,6-12,14-15,19,24H,3,5,13,16-17H2,(H,29,31)/t19-,24-/m0/s1. The van der Waals surface area contributed by atoms with Crippen LogP contribution < -0.4 is 5.32 Å². The molecule has 7 heteroatoms. The largest absolute Gasteiger partial charge is 0.343 e. The summed E-state index contributed by atoms with van der Waals surface area (Å²) in [5.41, 5.74) is 3.99. The first-order valence-corrected chi connectivity index (χ1v) is 11.8. The fourth-order valence-corrected chi connectivity index (χ4v) is 5.11. The van der Waals surface area contributed by atoms with Gasteiger partial charge in [0.05, 0.1) is 27.6 Å². The molecule has 0 unspecified atom stereocenters. The Morgan fingerprint density at radius 3 is 2.78 bits per heavy atom. The lowest BCUT2D eigenvalue weighted by atomic mass is 9.88. The third kappa shape index (κ3) is 4.69. The third-order valence-corrected chi connectivity index (χ3v) is 6.86. The van der Waals surface area contributed by atoms with Crippen molar-refractivity contribution in [2.75, 3.05) is 13.1 Å². The number of piperidine rings is 1. The maximum atomic E-state index is 12.9.